The quantitative estimate of drug-likeness (QED) is 0.586. The molecule has 0 aliphatic heterocycles. The van der Waals surface area contributed by atoms with Gasteiger partial charge in [0.05, 0.1) is 18.4 Å². The number of hydrogen-bond donors (Lipinski definition) is 1. The van der Waals surface area contributed by atoms with E-state index in [4.69, 9.17) is 4.74 Å². The summed E-state index contributed by atoms with van der Waals surface area (Å²) in [5, 5.41) is 2.70. The molecule has 0 radical (unpaired) electrons. The summed E-state index contributed by atoms with van der Waals surface area (Å²) in [6.45, 7) is 0. The van der Waals surface area contributed by atoms with E-state index in [1.807, 2.05) is 47.1 Å². The lowest BCUT2D eigenvalue weighted by Gasteiger charge is -2.08. The topological polar surface area (TPSA) is 55.6 Å². The molecule has 0 spiro atoms. The van der Waals surface area contributed by atoms with E-state index < -0.39 is 11.7 Å². The van der Waals surface area contributed by atoms with Crippen LogP contribution in [0.4, 0.5) is 10.1 Å². The third-order valence-corrected chi connectivity index (χ3v) is 4.22. The van der Waals surface area contributed by atoms with Gasteiger partial charge < -0.3 is 14.5 Å². The fourth-order valence-corrected chi connectivity index (χ4v) is 2.80. The lowest BCUT2D eigenvalue weighted by Crippen LogP contribution is -2.13. The number of rotatable bonds is 4. The second kappa shape index (κ2) is 6.92. The molecular weight excluding hydrogens is 345 g/mol. The molecule has 0 fully saturated rings. The number of fused-ring (bicyclic) bond motifs is 1. The van der Waals surface area contributed by atoms with Crippen LogP contribution in [0.15, 0.2) is 73.1 Å². The van der Waals surface area contributed by atoms with Gasteiger partial charge in [0.15, 0.2) is 0 Å². The van der Waals surface area contributed by atoms with Crippen LogP contribution >= 0.6 is 0 Å². The number of imidazole rings is 1. The van der Waals surface area contributed by atoms with Crippen molar-refractivity contribution in [1.82, 2.24) is 9.38 Å². The van der Waals surface area contributed by atoms with Crippen LogP contribution in [-0.4, -0.2) is 22.4 Å². The fourth-order valence-electron chi connectivity index (χ4n) is 2.80. The van der Waals surface area contributed by atoms with Gasteiger partial charge in [-0.05, 0) is 36.4 Å². The Morgan fingerprint density at radius 2 is 1.93 bits per heavy atom. The molecule has 0 aliphatic carbocycles. The van der Waals surface area contributed by atoms with Crippen molar-refractivity contribution < 1.29 is 13.9 Å². The maximum absolute atomic E-state index is 14.0. The summed E-state index contributed by atoms with van der Waals surface area (Å²) in [4.78, 5) is 16.9. The summed E-state index contributed by atoms with van der Waals surface area (Å²) in [6.07, 6.45) is 3.87. The monoisotopic (exact) mass is 361 g/mol. The van der Waals surface area contributed by atoms with Crippen LogP contribution in [0, 0.1) is 5.82 Å². The molecule has 2 aromatic carbocycles. The number of pyridine rings is 1. The van der Waals surface area contributed by atoms with E-state index in [1.165, 1.54) is 19.2 Å². The number of anilines is 1. The van der Waals surface area contributed by atoms with Crippen molar-refractivity contribution in [3.8, 4) is 17.0 Å². The first kappa shape index (κ1) is 16.8. The predicted molar refractivity (Wildman–Crippen MR) is 102 cm³/mol. The minimum atomic E-state index is -0.631. The van der Waals surface area contributed by atoms with Crippen LogP contribution < -0.4 is 10.1 Å². The Balaban J connectivity index is 1.53. The molecule has 0 aliphatic rings. The van der Waals surface area contributed by atoms with Gasteiger partial charge in [-0.1, -0.05) is 18.2 Å². The molecule has 5 nitrogen and oxygen atoms in total. The molecule has 1 amide bonds. The van der Waals surface area contributed by atoms with E-state index in [0.29, 0.717) is 11.4 Å². The number of carbonyl (C=O) groups excluding carboxylic acids is 1. The minimum absolute atomic E-state index is 0.0415. The van der Waals surface area contributed by atoms with Crippen molar-refractivity contribution in [2.75, 3.05) is 12.4 Å². The largest absolute Gasteiger partial charge is 0.497 e. The highest BCUT2D eigenvalue weighted by Crippen LogP contribution is 2.22. The van der Waals surface area contributed by atoms with Gasteiger partial charge in [-0.3, -0.25) is 4.79 Å². The van der Waals surface area contributed by atoms with Crippen LogP contribution in [0.5, 0.6) is 5.75 Å². The highest BCUT2D eigenvalue weighted by Gasteiger charge is 2.13. The molecule has 27 heavy (non-hydrogen) atoms. The first-order valence-electron chi connectivity index (χ1n) is 8.33. The van der Waals surface area contributed by atoms with E-state index in [9.17, 15) is 9.18 Å². The molecule has 134 valence electrons. The number of hydrogen-bond acceptors (Lipinski definition) is 3. The van der Waals surface area contributed by atoms with Gasteiger partial charge in [0.2, 0.25) is 0 Å². The van der Waals surface area contributed by atoms with Crippen molar-refractivity contribution in [2.45, 2.75) is 0 Å². The van der Waals surface area contributed by atoms with Gasteiger partial charge in [0.25, 0.3) is 5.91 Å². The first-order chi connectivity index (χ1) is 13.1. The molecule has 0 saturated carbocycles. The second-order valence-corrected chi connectivity index (χ2v) is 5.97. The Bertz CT molecular complexity index is 1090. The van der Waals surface area contributed by atoms with Gasteiger partial charge in [0, 0.05) is 29.7 Å². The van der Waals surface area contributed by atoms with E-state index in [2.05, 4.69) is 10.3 Å². The average Bonchev–Trinajstić information content (AvgIpc) is 3.12. The fraction of sp³-hybridized carbons (Fsp3) is 0.0476. The lowest BCUT2D eigenvalue weighted by atomic mass is 10.1. The summed E-state index contributed by atoms with van der Waals surface area (Å²) in [5.74, 6) is -0.787. The molecule has 2 heterocycles. The summed E-state index contributed by atoms with van der Waals surface area (Å²) in [6, 6.07) is 17.2. The molecule has 0 saturated heterocycles. The zero-order chi connectivity index (χ0) is 18.8. The Morgan fingerprint density at radius 1 is 1.11 bits per heavy atom. The van der Waals surface area contributed by atoms with Crippen molar-refractivity contribution in [3.63, 3.8) is 0 Å². The summed E-state index contributed by atoms with van der Waals surface area (Å²) in [5.41, 5.74) is 3.15. The average molecular weight is 361 g/mol. The van der Waals surface area contributed by atoms with Gasteiger partial charge in [-0.2, -0.15) is 0 Å². The Hall–Kier alpha value is -3.67. The highest BCUT2D eigenvalue weighted by atomic mass is 19.1. The molecule has 0 unspecified atom stereocenters. The minimum Gasteiger partial charge on any atom is -0.497 e. The Labute approximate surface area is 155 Å². The van der Waals surface area contributed by atoms with Crippen LogP contribution in [0.3, 0.4) is 0 Å². The molecule has 0 bridgehead atoms. The van der Waals surface area contributed by atoms with E-state index >= 15 is 0 Å². The summed E-state index contributed by atoms with van der Waals surface area (Å²) >= 11 is 0. The first-order valence-corrected chi connectivity index (χ1v) is 8.33. The van der Waals surface area contributed by atoms with Crippen molar-refractivity contribution in [1.29, 1.82) is 0 Å². The third-order valence-electron chi connectivity index (χ3n) is 4.22. The van der Waals surface area contributed by atoms with Crippen LogP contribution in [0.1, 0.15) is 10.4 Å². The Morgan fingerprint density at radius 3 is 2.63 bits per heavy atom. The molecule has 2 aromatic heterocycles. The second-order valence-electron chi connectivity index (χ2n) is 5.97. The van der Waals surface area contributed by atoms with Gasteiger partial charge in [0.1, 0.15) is 17.2 Å². The van der Waals surface area contributed by atoms with Crippen LogP contribution in [0.25, 0.3) is 16.9 Å². The maximum atomic E-state index is 14.0. The third kappa shape index (κ3) is 3.37. The Kier molecular flexibility index (Phi) is 4.30. The molecule has 0 atom stereocenters. The van der Waals surface area contributed by atoms with Gasteiger partial charge in [-0.15, -0.1) is 0 Å². The molecule has 4 rings (SSSR count). The zero-order valence-corrected chi connectivity index (χ0v) is 14.5. The van der Waals surface area contributed by atoms with E-state index in [0.717, 1.165) is 16.9 Å². The summed E-state index contributed by atoms with van der Waals surface area (Å²) in [7, 11) is 1.44. The normalized spacial score (nSPS) is 10.7. The molecular formula is C21H16FN3O2. The standard InChI is InChI=1S/C21H16FN3O2/c1-27-16-9-10-17(18(22)12-16)21(26)23-15-7-5-14(6-8-15)19-13-25-11-3-2-4-20(25)24-19/h2-13H,1H3,(H,23,26). The van der Waals surface area contributed by atoms with E-state index in [1.54, 1.807) is 18.2 Å². The highest BCUT2D eigenvalue weighted by molar-refractivity contribution is 6.04. The number of nitrogens with one attached hydrogen (secondary N) is 1. The number of carbonyl (C=O) groups is 1. The molecule has 4 aromatic rings. The van der Waals surface area contributed by atoms with Gasteiger partial charge in [-0.25, -0.2) is 9.37 Å². The zero-order valence-electron chi connectivity index (χ0n) is 14.5. The lowest BCUT2D eigenvalue weighted by molar-refractivity contribution is 0.102. The van der Waals surface area contributed by atoms with Crippen LogP contribution in [0.2, 0.25) is 0 Å². The van der Waals surface area contributed by atoms with Crippen molar-refractivity contribution in [3.05, 3.63) is 84.4 Å². The number of amides is 1. The number of aromatic nitrogens is 2. The number of halogens is 1. The smallest absolute Gasteiger partial charge is 0.258 e. The maximum Gasteiger partial charge on any atom is 0.258 e. The number of methoxy groups -OCH3 is 1. The summed E-state index contributed by atoms with van der Waals surface area (Å²) < 4.78 is 20.9. The number of benzene rings is 2. The van der Waals surface area contributed by atoms with Crippen LogP contribution in [-0.2, 0) is 0 Å². The van der Waals surface area contributed by atoms with Crippen molar-refractivity contribution >= 4 is 17.2 Å². The molecule has 1 N–H and O–H groups in total. The predicted octanol–water partition coefficient (Wildman–Crippen LogP) is 4.40. The number of nitrogens with zero attached hydrogens (tertiary/aromatic N) is 2. The van der Waals surface area contributed by atoms with E-state index in [-0.39, 0.29) is 5.56 Å². The number of ether oxygens (including phenoxy) is 1. The SMILES string of the molecule is COc1ccc(C(=O)Nc2ccc(-c3cn4ccccc4n3)cc2)c(F)c1. The molecule has 6 heteroatoms. The van der Waals surface area contributed by atoms with Crippen molar-refractivity contribution in [2.24, 2.45) is 0 Å². The van der Waals surface area contributed by atoms with Gasteiger partial charge >= 0.3 is 0 Å².